The second-order valence-electron chi connectivity index (χ2n) is 19.0. The molecule has 12 atom stereocenters. The fourth-order valence-electron chi connectivity index (χ4n) is 8.76. The van der Waals surface area contributed by atoms with Gasteiger partial charge in [0.1, 0.15) is 48.8 Å². The number of carbonyl (C=O) groups is 1. The number of aliphatic hydroxyl groups excluding tert-OH is 8. The summed E-state index contributed by atoms with van der Waals surface area (Å²) >= 11 is 0. The minimum atomic E-state index is -1.79. The van der Waals surface area contributed by atoms with Crippen molar-refractivity contribution in [3.8, 4) is 0 Å². The van der Waals surface area contributed by atoms with Crippen molar-refractivity contribution in [1.82, 2.24) is 5.32 Å². The molecule has 0 spiro atoms. The van der Waals surface area contributed by atoms with E-state index in [1.165, 1.54) is 141 Å². The zero-order valence-corrected chi connectivity index (χ0v) is 41.2. The fraction of sp³-hybridized carbons (Fsp3) is 0.904. The molecule has 2 fully saturated rings. The molecule has 9 N–H and O–H groups in total. The van der Waals surface area contributed by atoms with Crippen LogP contribution >= 0.6 is 0 Å². The molecule has 14 heteroatoms. The Kier molecular flexibility index (Phi) is 36.0. The zero-order chi connectivity index (χ0) is 48.2. The standard InChI is InChI=1S/C52H97NO13/c1-3-5-7-9-11-13-14-15-16-17-18-19-20-21-22-23-24-25-26-28-30-32-34-36-44(57)53-40(41(56)35-33-31-29-27-12-10-8-6-4-2)39-63-51-49(62)47(60)50(43(38-55)65-51)66-52-48(61)46(59)45(58)42(37-54)64-52/h17-18,33,35,40-43,45-52,54-56,58-62H,3-16,19-32,34,36-39H2,1-2H3,(H,53,57)/b18-17-,35-33+. The van der Waals surface area contributed by atoms with Gasteiger partial charge in [0.05, 0.1) is 32.0 Å². The Morgan fingerprint density at radius 2 is 0.955 bits per heavy atom. The number of ether oxygens (including phenoxy) is 4. The summed E-state index contributed by atoms with van der Waals surface area (Å²) in [5.74, 6) is -0.242. The molecule has 12 unspecified atom stereocenters. The van der Waals surface area contributed by atoms with E-state index in [-0.39, 0.29) is 18.9 Å². The lowest BCUT2D eigenvalue weighted by atomic mass is 9.97. The van der Waals surface area contributed by atoms with E-state index < -0.39 is 86.8 Å². The van der Waals surface area contributed by atoms with Gasteiger partial charge in [-0.2, -0.15) is 0 Å². The van der Waals surface area contributed by atoms with Crippen LogP contribution in [0.4, 0.5) is 0 Å². The van der Waals surface area contributed by atoms with Crippen molar-refractivity contribution < 1.29 is 64.6 Å². The lowest BCUT2D eigenvalue weighted by Crippen LogP contribution is -2.65. The number of hydrogen-bond donors (Lipinski definition) is 9. The quantitative estimate of drug-likeness (QED) is 0.0216. The number of unbranched alkanes of at least 4 members (excludes halogenated alkanes) is 26. The van der Waals surface area contributed by atoms with Crippen LogP contribution in [-0.4, -0.2) is 140 Å². The van der Waals surface area contributed by atoms with Crippen molar-refractivity contribution in [2.75, 3.05) is 19.8 Å². The predicted octanol–water partition coefficient (Wildman–Crippen LogP) is 7.33. The number of carbonyl (C=O) groups excluding carboxylic acids is 1. The van der Waals surface area contributed by atoms with Crippen molar-refractivity contribution in [1.29, 1.82) is 0 Å². The van der Waals surface area contributed by atoms with E-state index in [0.29, 0.717) is 6.42 Å². The third-order valence-electron chi connectivity index (χ3n) is 13.1. The number of hydrogen-bond acceptors (Lipinski definition) is 13. The maximum atomic E-state index is 13.2. The van der Waals surface area contributed by atoms with Gasteiger partial charge in [-0.1, -0.05) is 179 Å². The molecule has 0 radical (unpaired) electrons. The largest absolute Gasteiger partial charge is 0.394 e. The van der Waals surface area contributed by atoms with E-state index in [4.69, 9.17) is 18.9 Å². The molecule has 1 amide bonds. The van der Waals surface area contributed by atoms with Crippen molar-refractivity contribution in [3.63, 3.8) is 0 Å². The average Bonchev–Trinajstić information content (AvgIpc) is 3.31. The van der Waals surface area contributed by atoms with Crippen LogP contribution in [0.2, 0.25) is 0 Å². The minimum absolute atomic E-state index is 0.242. The minimum Gasteiger partial charge on any atom is -0.394 e. The molecule has 2 rings (SSSR count). The maximum Gasteiger partial charge on any atom is 0.220 e. The molecule has 0 aliphatic carbocycles. The number of aliphatic hydroxyl groups is 8. The first kappa shape index (κ1) is 60.6. The Morgan fingerprint density at radius 3 is 1.44 bits per heavy atom. The molecule has 14 nitrogen and oxygen atoms in total. The molecule has 0 bridgehead atoms. The summed E-state index contributed by atoms with van der Waals surface area (Å²) in [6.45, 7) is 2.75. The Balaban J connectivity index is 1.74. The molecule has 2 aliphatic heterocycles. The van der Waals surface area contributed by atoms with E-state index in [2.05, 4.69) is 31.3 Å². The molecule has 388 valence electrons. The van der Waals surface area contributed by atoms with Crippen LogP contribution in [0, 0.1) is 0 Å². The smallest absolute Gasteiger partial charge is 0.220 e. The summed E-state index contributed by atoms with van der Waals surface area (Å²) in [5, 5.41) is 86.6. The van der Waals surface area contributed by atoms with Crippen LogP contribution in [0.15, 0.2) is 24.3 Å². The van der Waals surface area contributed by atoms with Crippen molar-refractivity contribution in [3.05, 3.63) is 24.3 Å². The molecule has 0 aromatic heterocycles. The first-order valence-corrected chi connectivity index (χ1v) is 26.6. The second kappa shape index (κ2) is 39.2. The average molecular weight is 944 g/mol. The maximum absolute atomic E-state index is 13.2. The number of nitrogens with one attached hydrogen (secondary N) is 1. The van der Waals surface area contributed by atoms with Crippen LogP contribution in [0.25, 0.3) is 0 Å². The molecular formula is C52H97NO13. The van der Waals surface area contributed by atoms with E-state index in [0.717, 1.165) is 38.5 Å². The van der Waals surface area contributed by atoms with Gasteiger partial charge >= 0.3 is 0 Å². The van der Waals surface area contributed by atoms with Crippen molar-refractivity contribution in [2.24, 2.45) is 0 Å². The van der Waals surface area contributed by atoms with E-state index in [1.54, 1.807) is 6.08 Å². The van der Waals surface area contributed by atoms with E-state index >= 15 is 0 Å². The summed E-state index contributed by atoms with van der Waals surface area (Å²) in [6, 6.07) is -0.910. The molecule has 2 heterocycles. The summed E-state index contributed by atoms with van der Waals surface area (Å²) in [6.07, 6.45) is 26.7. The van der Waals surface area contributed by atoms with Crippen LogP contribution in [0.1, 0.15) is 206 Å². The Hall–Kier alpha value is -1.53. The third-order valence-corrected chi connectivity index (χ3v) is 13.1. The van der Waals surface area contributed by atoms with Gasteiger partial charge < -0.3 is 65.1 Å². The monoisotopic (exact) mass is 944 g/mol. The van der Waals surface area contributed by atoms with Gasteiger partial charge in [-0.3, -0.25) is 4.79 Å². The topological polar surface area (TPSA) is 228 Å². The Morgan fingerprint density at radius 1 is 0.530 bits per heavy atom. The van der Waals surface area contributed by atoms with Gasteiger partial charge in [-0.15, -0.1) is 0 Å². The molecule has 0 aromatic rings. The molecular weight excluding hydrogens is 847 g/mol. The van der Waals surface area contributed by atoms with Gasteiger partial charge in [0, 0.05) is 6.42 Å². The van der Waals surface area contributed by atoms with E-state index in [1.807, 2.05) is 6.08 Å². The van der Waals surface area contributed by atoms with Gasteiger partial charge in [-0.05, 0) is 44.9 Å². The van der Waals surface area contributed by atoms with Gasteiger partial charge in [-0.25, -0.2) is 0 Å². The SMILES string of the molecule is CCCCCCCCC/C=C/C(O)C(COC1OC(CO)C(OC2OC(CO)C(O)C(O)C2O)C(O)C1O)NC(=O)CCCCCCCCCCCCC/C=C\CCCCCCCCCC. The highest BCUT2D eigenvalue weighted by atomic mass is 16.7. The second-order valence-corrected chi connectivity index (χ2v) is 19.0. The lowest BCUT2D eigenvalue weighted by molar-refractivity contribution is -0.359. The summed E-state index contributed by atoms with van der Waals surface area (Å²) in [4.78, 5) is 13.2. The molecule has 2 saturated heterocycles. The fourth-order valence-corrected chi connectivity index (χ4v) is 8.76. The number of allylic oxidation sites excluding steroid dienone is 3. The lowest BCUT2D eigenvalue weighted by Gasteiger charge is -2.46. The zero-order valence-electron chi connectivity index (χ0n) is 41.2. The van der Waals surface area contributed by atoms with Crippen LogP contribution in [0.3, 0.4) is 0 Å². The Bertz CT molecular complexity index is 1210. The van der Waals surface area contributed by atoms with Crippen LogP contribution in [-0.2, 0) is 23.7 Å². The molecule has 2 aliphatic rings. The Labute approximate surface area is 398 Å². The molecule has 0 aromatic carbocycles. The number of rotatable bonds is 41. The normalized spacial score (nSPS) is 26.9. The van der Waals surface area contributed by atoms with Crippen LogP contribution < -0.4 is 5.32 Å². The van der Waals surface area contributed by atoms with Gasteiger partial charge in [0.15, 0.2) is 12.6 Å². The highest BCUT2D eigenvalue weighted by Crippen LogP contribution is 2.30. The summed E-state index contributed by atoms with van der Waals surface area (Å²) < 4.78 is 22.7. The predicted molar refractivity (Wildman–Crippen MR) is 258 cm³/mol. The first-order valence-electron chi connectivity index (χ1n) is 26.6. The summed E-state index contributed by atoms with van der Waals surface area (Å²) in [5.41, 5.74) is 0. The van der Waals surface area contributed by atoms with Crippen molar-refractivity contribution >= 4 is 5.91 Å². The van der Waals surface area contributed by atoms with E-state index in [9.17, 15) is 45.6 Å². The molecule has 66 heavy (non-hydrogen) atoms. The third kappa shape index (κ3) is 25.9. The highest BCUT2D eigenvalue weighted by molar-refractivity contribution is 5.76. The first-order chi connectivity index (χ1) is 32.1. The van der Waals surface area contributed by atoms with Gasteiger partial charge in [0.2, 0.25) is 5.91 Å². The van der Waals surface area contributed by atoms with Gasteiger partial charge in [0.25, 0.3) is 0 Å². The molecule has 0 saturated carbocycles. The van der Waals surface area contributed by atoms with Crippen LogP contribution in [0.5, 0.6) is 0 Å². The van der Waals surface area contributed by atoms with Crippen molar-refractivity contribution in [2.45, 2.75) is 280 Å². The highest BCUT2D eigenvalue weighted by Gasteiger charge is 2.51. The number of amides is 1. The summed E-state index contributed by atoms with van der Waals surface area (Å²) in [7, 11) is 0.